The number of hydrogen-bond acceptors (Lipinski definition) is 2. The SMILES string of the molecule is O=C(Nc1ccc(Cl)cc1)c1ccc(-c2cc3cc(C(=O)Nc4ccccc4)ccc3[nH]2)cc1. The van der Waals surface area contributed by atoms with Gasteiger partial charge in [0.1, 0.15) is 0 Å². The molecule has 0 bridgehead atoms. The Kier molecular flexibility index (Phi) is 5.85. The summed E-state index contributed by atoms with van der Waals surface area (Å²) in [7, 11) is 0. The lowest BCUT2D eigenvalue weighted by atomic mass is 10.1. The number of aromatic amines is 1. The van der Waals surface area contributed by atoms with E-state index in [1.807, 2.05) is 60.7 Å². The number of carbonyl (C=O) groups is 2. The second-order valence-corrected chi connectivity index (χ2v) is 8.28. The number of halogens is 1. The zero-order valence-corrected chi connectivity index (χ0v) is 18.8. The van der Waals surface area contributed by atoms with Gasteiger partial charge >= 0.3 is 0 Å². The molecule has 3 N–H and O–H groups in total. The molecule has 0 spiro atoms. The van der Waals surface area contributed by atoms with Gasteiger partial charge in [-0.1, -0.05) is 41.9 Å². The van der Waals surface area contributed by atoms with Crippen LogP contribution in [-0.4, -0.2) is 16.8 Å². The Morgan fingerprint density at radius 2 is 1.26 bits per heavy atom. The molecule has 4 aromatic carbocycles. The van der Waals surface area contributed by atoms with Crippen LogP contribution in [-0.2, 0) is 0 Å². The molecule has 0 aliphatic carbocycles. The van der Waals surface area contributed by atoms with Gasteiger partial charge in [-0.2, -0.15) is 0 Å². The molecule has 1 heterocycles. The quantitative estimate of drug-likeness (QED) is 0.261. The van der Waals surface area contributed by atoms with Crippen molar-refractivity contribution in [1.82, 2.24) is 4.98 Å². The van der Waals surface area contributed by atoms with Gasteiger partial charge in [0.15, 0.2) is 0 Å². The molecular formula is C28H20ClN3O2. The number of fused-ring (bicyclic) bond motifs is 1. The summed E-state index contributed by atoms with van der Waals surface area (Å²) in [4.78, 5) is 28.5. The van der Waals surface area contributed by atoms with Gasteiger partial charge in [0.25, 0.3) is 11.8 Å². The minimum Gasteiger partial charge on any atom is -0.355 e. The van der Waals surface area contributed by atoms with Crippen LogP contribution in [0.1, 0.15) is 20.7 Å². The summed E-state index contributed by atoms with van der Waals surface area (Å²) in [5.74, 6) is -0.355. The lowest BCUT2D eigenvalue weighted by Crippen LogP contribution is -2.11. The second-order valence-electron chi connectivity index (χ2n) is 7.84. The first kappa shape index (κ1) is 21.5. The van der Waals surface area contributed by atoms with E-state index in [2.05, 4.69) is 15.6 Å². The first-order chi connectivity index (χ1) is 16.5. The van der Waals surface area contributed by atoms with Crippen LogP contribution in [0.4, 0.5) is 11.4 Å². The number of aromatic nitrogens is 1. The first-order valence-electron chi connectivity index (χ1n) is 10.7. The number of carbonyl (C=O) groups excluding carboxylic acids is 2. The average molecular weight is 466 g/mol. The molecule has 0 radical (unpaired) electrons. The van der Waals surface area contributed by atoms with E-state index >= 15 is 0 Å². The van der Waals surface area contributed by atoms with Gasteiger partial charge in [0.05, 0.1) is 0 Å². The van der Waals surface area contributed by atoms with Gasteiger partial charge in [-0.3, -0.25) is 9.59 Å². The van der Waals surface area contributed by atoms with Crippen LogP contribution in [0.2, 0.25) is 5.02 Å². The minimum atomic E-state index is -0.195. The Balaban J connectivity index is 1.32. The van der Waals surface area contributed by atoms with Crippen molar-refractivity contribution in [1.29, 1.82) is 0 Å². The highest BCUT2D eigenvalue weighted by atomic mass is 35.5. The predicted octanol–water partition coefficient (Wildman–Crippen LogP) is 6.99. The third-order valence-electron chi connectivity index (χ3n) is 5.47. The maximum absolute atomic E-state index is 12.6. The van der Waals surface area contributed by atoms with Crippen molar-refractivity contribution in [2.45, 2.75) is 0 Å². The monoisotopic (exact) mass is 465 g/mol. The summed E-state index contributed by atoms with van der Waals surface area (Å²) < 4.78 is 0. The van der Waals surface area contributed by atoms with E-state index in [1.54, 1.807) is 42.5 Å². The highest BCUT2D eigenvalue weighted by Gasteiger charge is 2.11. The van der Waals surface area contributed by atoms with E-state index in [9.17, 15) is 9.59 Å². The minimum absolute atomic E-state index is 0.160. The molecule has 34 heavy (non-hydrogen) atoms. The summed E-state index contributed by atoms with van der Waals surface area (Å²) in [6.07, 6.45) is 0. The topological polar surface area (TPSA) is 74.0 Å². The molecule has 6 heteroatoms. The highest BCUT2D eigenvalue weighted by Crippen LogP contribution is 2.26. The molecule has 2 amide bonds. The molecule has 5 rings (SSSR count). The Bertz CT molecular complexity index is 1470. The Morgan fingerprint density at radius 3 is 1.97 bits per heavy atom. The van der Waals surface area contributed by atoms with Gasteiger partial charge in [-0.25, -0.2) is 0 Å². The smallest absolute Gasteiger partial charge is 0.255 e. The van der Waals surface area contributed by atoms with E-state index in [0.29, 0.717) is 21.8 Å². The fourth-order valence-corrected chi connectivity index (χ4v) is 3.82. The fraction of sp³-hybridized carbons (Fsp3) is 0. The number of amides is 2. The van der Waals surface area contributed by atoms with Crippen molar-refractivity contribution in [3.63, 3.8) is 0 Å². The normalized spacial score (nSPS) is 10.7. The summed E-state index contributed by atoms with van der Waals surface area (Å²) in [5, 5.41) is 7.31. The molecule has 0 unspecified atom stereocenters. The molecule has 5 nitrogen and oxygen atoms in total. The number of H-pyrrole nitrogens is 1. The van der Waals surface area contributed by atoms with Crippen LogP contribution in [0.5, 0.6) is 0 Å². The van der Waals surface area contributed by atoms with Crippen LogP contribution in [0.25, 0.3) is 22.2 Å². The number of rotatable bonds is 5. The molecule has 166 valence electrons. The lowest BCUT2D eigenvalue weighted by Gasteiger charge is -2.06. The van der Waals surface area contributed by atoms with Crippen molar-refractivity contribution in [3.8, 4) is 11.3 Å². The summed E-state index contributed by atoms with van der Waals surface area (Å²) in [6.45, 7) is 0. The van der Waals surface area contributed by atoms with Crippen molar-refractivity contribution in [2.24, 2.45) is 0 Å². The molecule has 0 aliphatic heterocycles. The number of benzene rings is 4. The van der Waals surface area contributed by atoms with Crippen LogP contribution in [0, 0.1) is 0 Å². The number of para-hydroxylation sites is 1. The molecule has 0 saturated carbocycles. The number of nitrogens with one attached hydrogen (secondary N) is 3. The Morgan fingerprint density at radius 1 is 0.647 bits per heavy atom. The standard InChI is InChI=1S/C28H20ClN3O2/c29-22-11-13-24(14-12-22)31-27(33)19-8-6-18(7-9-19)26-17-21-16-20(10-15-25(21)32-26)28(34)30-23-4-2-1-3-5-23/h1-17,32H,(H,30,34)(H,31,33). The first-order valence-corrected chi connectivity index (χ1v) is 11.1. The molecule has 0 saturated heterocycles. The maximum Gasteiger partial charge on any atom is 0.255 e. The van der Waals surface area contributed by atoms with Gasteiger partial charge in [-0.05, 0) is 78.4 Å². The summed E-state index contributed by atoms with van der Waals surface area (Å²) >= 11 is 5.89. The van der Waals surface area contributed by atoms with E-state index in [-0.39, 0.29) is 11.8 Å². The van der Waals surface area contributed by atoms with Gasteiger partial charge in [-0.15, -0.1) is 0 Å². The molecule has 0 aliphatic rings. The van der Waals surface area contributed by atoms with E-state index < -0.39 is 0 Å². The average Bonchev–Trinajstić information content (AvgIpc) is 3.30. The number of hydrogen-bond donors (Lipinski definition) is 3. The van der Waals surface area contributed by atoms with Crippen molar-refractivity contribution in [3.05, 3.63) is 119 Å². The second kappa shape index (κ2) is 9.25. The largest absolute Gasteiger partial charge is 0.355 e. The van der Waals surface area contributed by atoms with Crippen molar-refractivity contribution < 1.29 is 9.59 Å². The molecule has 5 aromatic rings. The molecule has 0 fully saturated rings. The van der Waals surface area contributed by atoms with Crippen LogP contribution in [0.15, 0.2) is 103 Å². The molecule has 0 atom stereocenters. The number of anilines is 2. The van der Waals surface area contributed by atoms with Crippen LogP contribution in [0.3, 0.4) is 0 Å². The Hall–Kier alpha value is -4.35. The maximum atomic E-state index is 12.6. The van der Waals surface area contributed by atoms with E-state index in [1.165, 1.54) is 0 Å². The fourth-order valence-electron chi connectivity index (χ4n) is 3.69. The third-order valence-corrected chi connectivity index (χ3v) is 5.73. The summed E-state index contributed by atoms with van der Waals surface area (Å²) in [6, 6.07) is 31.2. The summed E-state index contributed by atoms with van der Waals surface area (Å²) in [5.41, 5.74) is 5.33. The van der Waals surface area contributed by atoms with Crippen LogP contribution >= 0.6 is 11.6 Å². The van der Waals surface area contributed by atoms with Crippen LogP contribution < -0.4 is 10.6 Å². The van der Waals surface area contributed by atoms with E-state index in [4.69, 9.17) is 11.6 Å². The van der Waals surface area contributed by atoms with Gasteiger partial charge in [0, 0.05) is 44.1 Å². The lowest BCUT2D eigenvalue weighted by molar-refractivity contribution is 0.101. The third kappa shape index (κ3) is 4.70. The zero-order chi connectivity index (χ0) is 23.5. The predicted molar refractivity (Wildman–Crippen MR) is 138 cm³/mol. The van der Waals surface area contributed by atoms with Gasteiger partial charge in [0.2, 0.25) is 0 Å². The van der Waals surface area contributed by atoms with Crippen molar-refractivity contribution >= 4 is 45.7 Å². The van der Waals surface area contributed by atoms with Crippen molar-refractivity contribution in [2.75, 3.05) is 10.6 Å². The molecule has 1 aromatic heterocycles. The van der Waals surface area contributed by atoms with E-state index in [0.717, 1.165) is 27.8 Å². The zero-order valence-electron chi connectivity index (χ0n) is 18.0. The molecular weight excluding hydrogens is 446 g/mol. The van der Waals surface area contributed by atoms with Gasteiger partial charge < -0.3 is 15.6 Å². The Labute approximate surface area is 201 Å². The highest BCUT2D eigenvalue weighted by molar-refractivity contribution is 6.30.